The molecule has 0 atom stereocenters. The van der Waals surface area contributed by atoms with E-state index in [0.29, 0.717) is 39.4 Å². The van der Waals surface area contributed by atoms with E-state index in [1.165, 1.54) is 0 Å². The second kappa shape index (κ2) is 9.92. The molecule has 2 heterocycles. The van der Waals surface area contributed by atoms with Crippen molar-refractivity contribution in [3.8, 4) is 0 Å². The van der Waals surface area contributed by atoms with Gasteiger partial charge in [-0.3, -0.25) is 14.6 Å². The van der Waals surface area contributed by atoms with Crippen LogP contribution in [0.1, 0.15) is 33.6 Å². The van der Waals surface area contributed by atoms with Gasteiger partial charge in [-0.1, -0.05) is 0 Å². The molecule has 8 heteroatoms. The first-order valence-corrected chi connectivity index (χ1v) is 9.99. The molecule has 0 bridgehead atoms. The Morgan fingerprint density at radius 2 is 1.70 bits per heavy atom. The average Bonchev–Trinajstić information content (AvgIpc) is 2.69. The molecular formula is C19H35N5O3. The molecule has 0 unspecified atom stereocenters. The van der Waals surface area contributed by atoms with Gasteiger partial charge in [-0.15, -0.1) is 0 Å². The van der Waals surface area contributed by atoms with Crippen LogP contribution in [0.5, 0.6) is 0 Å². The summed E-state index contributed by atoms with van der Waals surface area (Å²) >= 11 is 0. The summed E-state index contributed by atoms with van der Waals surface area (Å²) in [5.74, 6) is 1.18. The van der Waals surface area contributed by atoms with E-state index >= 15 is 0 Å². The summed E-state index contributed by atoms with van der Waals surface area (Å²) in [6.07, 6.45) is 1.66. The third-order valence-corrected chi connectivity index (χ3v) is 5.32. The van der Waals surface area contributed by atoms with Crippen molar-refractivity contribution in [2.24, 2.45) is 16.3 Å². The normalized spacial score (nSPS) is 19.8. The molecule has 2 N–H and O–H groups in total. The minimum Gasteiger partial charge on any atom is -0.378 e. The van der Waals surface area contributed by atoms with Crippen molar-refractivity contribution in [3.05, 3.63) is 0 Å². The number of carbonyl (C=O) groups is 2. The Kier molecular flexibility index (Phi) is 7.89. The van der Waals surface area contributed by atoms with Gasteiger partial charge in [-0.05, 0) is 33.6 Å². The van der Waals surface area contributed by atoms with Crippen molar-refractivity contribution in [1.82, 2.24) is 20.4 Å². The molecule has 154 valence electrons. The van der Waals surface area contributed by atoms with Gasteiger partial charge >= 0.3 is 0 Å². The van der Waals surface area contributed by atoms with Crippen LogP contribution in [0.4, 0.5) is 0 Å². The first-order chi connectivity index (χ1) is 12.9. The molecule has 0 aromatic carbocycles. The van der Waals surface area contributed by atoms with Crippen molar-refractivity contribution in [1.29, 1.82) is 0 Å². The van der Waals surface area contributed by atoms with Gasteiger partial charge in [0.15, 0.2) is 5.96 Å². The number of likely N-dealkylation sites (tertiary alicyclic amines) is 1. The Bertz CT molecular complexity index is 535. The maximum absolute atomic E-state index is 12.7. The van der Waals surface area contributed by atoms with Crippen LogP contribution in [0.25, 0.3) is 0 Å². The van der Waals surface area contributed by atoms with Crippen LogP contribution in [0.3, 0.4) is 0 Å². The second-order valence-corrected chi connectivity index (χ2v) is 7.84. The van der Waals surface area contributed by atoms with Gasteiger partial charge in [0.1, 0.15) is 0 Å². The molecule has 2 fully saturated rings. The van der Waals surface area contributed by atoms with Gasteiger partial charge in [-0.2, -0.15) is 0 Å². The summed E-state index contributed by atoms with van der Waals surface area (Å²) in [4.78, 5) is 33.3. The monoisotopic (exact) mass is 381 g/mol. The number of rotatable bonds is 5. The Morgan fingerprint density at radius 3 is 2.26 bits per heavy atom. The summed E-state index contributed by atoms with van der Waals surface area (Å²) in [5, 5.41) is 6.20. The van der Waals surface area contributed by atoms with E-state index in [1.807, 2.05) is 25.7 Å². The molecular weight excluding hydrogens is 346 g/mol. The molecule has 2 rings (SSSR count). The Hall–Kier alpha value is -1.83. The SMILES string of the molecule is CCNC(=O)C(C)(C)CNC(=NC)N1CCC(C(=O)N2CCOCC2)CC1. The van der Waals surface area contributed by atoms with E-state index in [4.69, 9.17) is 4.74 Å². The third-order valence-electron chi connectivity index (χ3n) is 5.32. The van der Waals surface area contributed by atoms with Gasteiger partial charge in [-0.25, -0.2) is 0 Å². The van der Waals surface area contributed by atoms with Crippen molar-refractivity contribution in [2.75, 3.05) is 59.5 Å². The maximum Gasteiger partial charge on any atom is 0.227 e. The standard InChI is InChI=1S/C19H35N5O3/c1-5-21-17(26)19(2,3)14-22-18(20-4)24-8-6-15(7-9-24)16(25)23-10-12-27-13-11-23/h15H,5-14H2,1-4H3,(H,20,22)(H,21,26). The summed E-state index contributed by atoms with van der Waals surface area (Å²) in [7, 11) is 1.76. The van der Waals surface area contributed by atoms with Crippen molar-refractivity contribution < 1.29 is 14.3 Å². The fourth-order valence-corrected chi connectivity index (χ4v) is 3.49. The number of morpholine rings is 1. The van der Waals surface area contributed by atoms with E-state index in [9.17, 15) is 9.59 Å². The second-order valence-electron chi connectivity index (χ2n) is 7.84. The quantitative estimate of drug-likeness (QED) is 0.528. The number of nitrogens with one attached hydrogen (secondary N) is 2. The first kappa shape index (κ1) is 21.5. The molecule has 0 aliphatic carbocycles. The van der Waals surface area contributed by atoms with Gasteiger partial charge in [0.25, 0.3) is 0 Å². The topological polar surface area (TPSA) is 86.3 Å². The summed E-state index contributed by atoms with van der Waals surface area (Å²) in [6, 6.07) is 0. The van der Waals surface area contributed by atoms with Gasteiger partial charge in [0, 0.05) is 52.2 Å². The fourth-order valence-electron chi connectivity index (χ4n) is 3.49. The number of ether oxygens (including phenoxy) is 1. The highest BCUT2D eigenvalue weighted by Gasteiger charge is 2.32. The van der Waals surface area contributed by atoms with Crippen LogP contribution < -0.4 is 10.6 Å². The van der Waals surface area contributed by atoms with Crippen LogP contribution in [0, 0.1) is 11.3 Å². The van der Waals surface area contributed by atoms with Crippen LogP contribution in [0.2, 0.25) is 0 Å². The Morgan fingerprint density at radius 1 is 1.07 bits per heavy atom. The van der Waals surface area contributed by atoms with E-state index in [-0.39, 0.29) is 17.7 Å². The number of hydrogen-bond donors (Lipinski definition) is 2. The highest BCUT2D eigenvalue weighted by atomic mass is 16.5. The molecule has 27 heavy (non-hydrogen) atoms. The molecule has 0 radical (unpaired) electrons. The summed E-state index contributed by atoms with van der Waals surface area (Å²) < 4.78 is 5.33. The summed E-state index contributed by atoms with van der Waals surface area (Å²) in [6.45, 7) is 11.2. The van der Waals surface area contributed by atoms with Gasteiger partial charge < -0.3 is 25.2 Å². The van der Waals surface area contributed by atoms with Crippen molar-refractivity contribution in [2.45, 2.75) is 33.6 Å². The van der Waals surface area contributed by atoms with Crippen LogP contribution in [-0.4, -0.2) is 87.1 Å². The molecule has 0 saturated carbocycles. The number of guanidine groups is 1. The molecule has 2 amide bonds. The number of nitrogens with zero attached hydrogens (tertiary/aromatic N) is 3. The lowest BCUT2D eigenvalue weighted by Crippen LogP contribution is -2.52. The largest absolute Gasteiger partial charge is 0.378 e. The van der Waals surface area contributed by atoms with Crippen LogP contribution in [-0.2, 0) is 14.3 Å². The number of carbonyl (C=O) groups excluding carboxylic acids is 2. The molecule has 2 saturated heterocycles. The smallest absolute Gasteiger partial charge is 0.227 e. The molecule has 2 aliphatic heterocycles. The zero-order valence-electron chi connectivity index (χ0n) is 17.2. The highest BCUT2D eigenvalue weighted by molar-refractivity contribution is 5.84. The maximum atomic E-state index is 12.7. The van der Waals surface area contributed by atoms with Gasteiger partial charge in [0.2, 0.25) is 11.8 Å². The van der Waals surface area contributed by atoms with Crippen LogP contribution in [0.15, 0.2) is 4.99 Å². The Labute approximate surface area is 162 Å². The molecule has 2 aliphatic rings. The third kappa shape index (κ3) is 5.82. The molecule has 8 nitrogen and oxygen atoms in total. The molecule has 0 aromatic heterocycles. The van der Waals surface area contributed by atoms with E-state index in [1.54, 1.807) is 7.05 Å². The molecule has 0 aromatic rings. The Balaban J connectivity index is 1.82. The number of hydrogen-bond acceptors (Lipinski definition) is 4. The lowest BCUT2D eigenvalue weighted by atomic mass is 9.92. The molecule has 0 spiro atoms. The zero-order chi connectivity index (χ0) is 19.9. The summed E-state index contributed by atoms with van der Waals surface area (Å²) in [5.41, 5.74) is -0.517. The van der Waals surface area contributed by atoms with E-state index in [0.717, 1.165) is 31.9 Å². The fraction of sp³-hybridized carbons (Fsp3) is 0.842. The van der Waals surface area contributed by atoms with E-state index < -0.39 is 5.41 Å². The first-order valence-electron chi connectivity index (χ1n) is 9.99. The van der Waals surface area contributed by atoms with E-state index in [2.05, 4.69) is 20.5 Å². The van der Waals surface area contributed by atoms with Crippen molar-refractivity contribution in [3.63, 3.8) is 0 Å². The highest BCUT2D eigenvalue weighted by Crippen LogP contribution is 2.21. The lowest BCUT2D eigenvalue weighted by Gasteiger charge is -2.37. The van der Waals surface area contributed by atoms with Crippen molar-refractivity contribution >= 4 is 17.8 Å². The zero-order valence-corrected chi connectivity index (χ0v) is 17.2. The predicted octanol–water partition coefficient (Wildman–Crippen LogP) is 0.295. The van der Waals surface area contributed by atoms with Crippen LogP contribution >= 0.6 is 0 Å². The lowest BCUT2D eigenvalue weighted by molar-refractivity contribution is -0.140. The predicted molar refractivity (Wildman–Crippen MR) is 106 cm³/mol. The van der Waals surface area contributed by atoms with Gasteiger partial charge in [0.05, 0.1) is 18.6 Å². The number of amides is 2. The number of aliphatic imine (C=N–C) groups is 1. The average molecular weight is 382 g/mol. The minimum absolute atomic E-state index is 0.0303. The minimum atomic E-state index is -0.517. The number of piperidine rings is 1.